The summed E-state index contributed by atoms with van der Waals surface area (Å²) in [4.78, 5) is 13.4. The number of anilines is 1. The van der Waals surface area contributed by atoms with Crippen LogP contribution in [-0.2, 0) is 24.8 Å². The van der Waals surface area contributed by atoms with Crippen LogP contribution in [0.4, 0.5) is 5.00 Å². The number of carbonyl (C=O) groups is 1. The van der Waals surface area contributed by atoms with Crippen LogP contribution < -0.4 is 10.6 Å². The number of esters is 1. The summed E-state index contributed by atoms with van der Waals surface area (Å²) in [5.74, 6) is -0.352. The molecule has 1 aromatic carbocycles. The molecule has 0 spiro atoms. The molecule has 0 saturated heterocycles. The number of thiophene rings is 1. The highest BCUT2D eigenvalue weighted by molar-refractivity contribution is 7.80. The Balaban J connectivity index is 1.72. The van der Waals surface area contributed by atoms with Crippen LogP contribution in [0.3, 0.4) is 0 Å². The lowest BCUT2D eigenvalue weighted by molar-refractivity contribution is 0.0528. The molecule has 3 rings (SSSR count). The molecule has 8 heteroatoms. The molecule has 2 aromatic heterocycles. The quantitative estimate of drug-likeness (QED) is 0.454. The highest BCUT2D eigenvalue weighted by atomic mass is 32.1. The van der Waals surface area contributed by atoms with E-state index in [0.717, 1.165) is 17.0 Å². The van der Waals surface area contributed by atoms with Gasteiger partial charge in [-0.1, -0.05) is 30.3 Å². The molecule has 28 heavy (non-hydrogen) atoms. The van der Waals surface area contributed by atoms with Crippen LogP contribution in [0.25, 0.3) is 0 Å². The number of aryl methyl sites for hydroxylation is 1. The van der Waals surface area contributed by atoms with E-state index in [0.29, 0.717) is 28.8 Å². The van der Waals surface area contributed by atoms with Crippen molar-refractivity contribution >= 4 is 39.6 Å². The van der Waals surface area contributed by atoms with E-state index in [1.807, 2.05) is 37.4 Å². The second-order valence-corrected chi connectivity index (χ2v) is 7.64. The van der Waals surface area contributed by atoms with Crippen molar-refractivity contribution in [2.45, 2.75) is 19.9 Å². The molecular weight excluding hydrogens is 392 g/mol. The molecular formula is C20H22N4O2S2. The fraction of sp³-hybridized carbons (Fsp3) is 0.250. The van der Waals surface area contributed by atoms with Gasteiger partial charge in [-0.2, -0.15) is 5.10 Å². The average Bonchev–Trinajstić information content (AvgIpc) is 3.27. The SMILES string of the molecule is CCOC(=O)c1cc(Cc2ccccc2)sc1NC(=S)NCc1ccnn1C. The van der Waals surface area contributed by atoms with Crippen LogP contribution in [0.1, 0.15) is 33.4 Å². The molecule has 0 fully saturated rings. The van der Waals surface area contributed by atoms with Crippen LogP contribution >= 0.6 is 23.6 Å². The smallest absolute Gasteiger partial charge is 0.341 e. The van der Waals surface area contributed by atoms with Crippen molar-refractivity contribution < 1.29 is 9.53 Å². The van der Waals surface area contributed by atoms with Crippen LogP contribution in [0.5, 0.6) is 0 Å². The number of ether oxygens (including phenoxy) is 1. The van der Waals surface area contributed by atoms with Gasteiger partial charge in [-0.15, -0.1) is 11.3 Å². The minimum absolute atomic E-state index is 0.325. The highest BCUT2D eigenvalue weighted by Gasteiger charge is 2.18. The molecule has 0 aliphatic rings. The van der Waals surface area contributed by atoms with E-state index in [4.69, 9.17) is 17.0 Å². The molecule has 146 valence electrons. The van der Waals surface area contributed by atoms with Crippen molar-refractivity contribution in [2.75, 3.05) is 11.9 Å². The topological polar surface area (TPSA) is 68.2 Å². The standard InChI is InChI=1S/C20H22N4O2S2/c1-3-26-19(25)17-12-16(11-14-7-5-4-6-8-14)28-18(17)23-20(27)21-13-15-9-10-22-24(15)2/h4-10,12H,3,11,13H2,1-2H3,(H2,21,23,27). The Bertz CT molecular complexity index is 950. The lowest BCUT2D eigenvalue weighted by Gasteiger charge is -2.10. The fourth-order valence-electron chi connectivity index (χ4n) is 2.67. The first kappa shape index (κ1) is 20.0. The molecule has 3 aromatic rings. The van der Waals surface area contributed by atoms with Gasteiger partial charge in [-0.3, -0.25) is 4.68 Å². The molecule has 2 heterocycles. The lowest BCUT2D eigenvalue weighted by Crippen LogP contribution is -2.29. The van der Waals surface area contributed by atoms with Gasteiger partial charge in [0.15, 0.2) is 5.11 Å². The predicted molar refractivity (Wildman–Crippen MR) is 116 cm³/mol. The third-order valence-electron chi connectivity index (χ3n) is 4.08. The summed E-state index contributed by atoms with van der Waals surface area (Å²) in [7, 11) is 1.88. The molecule has 0 unspecified atom stereocenters. The minimum atomic E-state index is -0.352. The zero-order chi connectivity index (χ0) is 19.9. The summed E-state index contributed by atoms with van der Waals surface area (Å²) in [6.07, 6.45) is 2.48. The monoisotopic (exact) mass is 414 g/mol. The third-order valence-corrected chi connectivity index (χ3v) is 5.38. The molecule has 0 amide bonds. The predicted octanol–water partition coefficient (Wildman–Crippen LogP) is 3.74. The Morgan fingerprint density at radius 2 is 2.07 bits per heavy atom. The summed E-state index contributed by atoms with van der Waals surface area (Å²) < 4.78 is 6.98. The van der Waals surface area contributed by atoms with Crippen molar-refractivity contribution in [3.63, 3.8) is 0 Å². The second-order valence-electron chi connectivity index (χ2n) is 6.09. The van der Waals surface area contributed by atoms with E-state index < -0.39 is 0 Å². The zero-order valence-corrected chi connectivity index (χ0v) is 17.4. The normalized spacial score (nSPS) is 10.5. The van der Waals surface area contributed by atoms with E-state index in [9.17, 15) is 4.79 Å². The van der Waals surface area contributed by atoms with E-state index in [1.165, 1.54) is 16.9 Å². The second kappa shape index (κ2) is 9.48. The van der Waals surface area contributed by atoms with Crippen molar-refractivity contribution in [1.82, 2.24) is 15.1 Å². The van der Waals surface area contributed by atoms with Crippen LogP contribution in [0.2, 0.25) is 0 Å². The number of benzene rings is 1. The Kier molecular flexibility index (Phi) is 6.78. The van der Waals surface area contributed by atoms with Crippen molar-refractivity contribution in [1.29, 1.82) is 0 Å². The summed E-state index contributed by atoms with van der Waals surface area (Å²) in [5, 5.41) is 11.6. The zero-order valence-electron chi connectivity index (χ0n) is 15.8. The van der Waals surface area contributed by atoms with Gasteiger partial charge < -0.3 is 15.4 Å². The number of hydrogen-bond acceptors (Lipinski definition) is 5. The van der Waals surface area contributed by atoms with Gasteiger partial charge in [-0.05, 0) is 36.8 Å². The number of hydrogen-bond donors (Lipinski definition) is 2. The molecule has 0 atom stereocenters. The maximum Gasteiger partial charge on any atom is 0.341 e. The van der Waals surface area contributed by atoms with Crippen molar-refractivity contribution in [2.24, 2.45) is 7.05 Å². The molecule has 0 bridgehead atoms. The van der Waals surface area contributed by atoms with Gasteiger partial charge in [0.25, 0.3) is 0 Å². The van der Waals surface area contributed by atoms with Gasteiger partial charge >= 0.3 is 5.97 Å². The van der Waals surface area contributed by atoms with Crippen molar-refractivity contribution in [3.05, 3.63) is 70.4 Å². The van der Waals surface area contributed by atoms with Gasteiger partial charge in [0.1, 0.15) is 5.00 Å². The molecule has 0 radical (unpaired) electrons. The molecule has 0 aliphatic heterocycles. The first-order valence-electron chi connectivity index (χ1n) is 8.92. The van der Waals surface area contributed by atoms with Crippen LogP contribution in [0.15, 0.2) is 48.7 Å². The molecule has 2 N–H and O–H groups in total. The maximum absolute atomic E-state index is 12.4. The summed E-state index contributed by atoms with van der Waals surface area (Å²) in [6.45, 7) is 2.66. The number of nitrogens with zero attached hydrogens (tertiary/aromatic N) is 2. The number of rotatable bonds is 7. The first-order valence-corrected chi connectivity index (χ1v) is 10.1. The van der Waals surface area contributed by atoms with E-state index in [2.05, 4.69) is 27.9 Å². The fourth-order valence-corrected chi connectivity index (χ4v) is 3.99. The molecule has 0 aliphatic carbocycles. The number of carbonyl (C=O) groups excluding carboxylic acids is 1. The van der Waals surface area contributed by atoms with E-state index in [-0.39, 0.29) is 5.97 Å². The van der Waals surface area contributed by atoms with E-state index >= 15 is 0 Å². The number of aromatic nitrogens is 2. The largest absolute Gasteiger partial charge is 0.462 e. The van der Waals surface area contributed by atoms with Gasteiger partial charge in [0.2, 0.25) is 0 Å². The molecule has 0 saturated carbocycles. The summed E-state index contributed by atoms with van der Waals surface area (Å²) in [5.41, 5.74) is 2.69. The minimum Gasteiger partial charge on any atom is -0.462 e. The summed E-state index contributed by atoms with van der Waals surface area (Å²) >= 11 is 6.91. The Hall–Kier alpha value is -2.71. The number of nitrogens with one attached hydrogen (secondary N) is 2. The molecule has 6 nitrogen and oxygen atoms in total. The maximum atomic E-state index is 12.4. The Labute approximate surface area is 173 Å². The lowest BCUT2D eigenvalue weighted by atomic mass is 10.1. The van der Waals surface area contributed by atoms with Gasteiger partial charge in [-0.25, -0.2) is 4.79 Å². The van der Waals surface area contributed by atoms with Crippen LogP contribution in [0, 0.1) is 0 Å². The van der Waals surface area contributed by atoms with Gasteiger partial charge in [0, 0.05) is 24.5 Å². The van der Waals surface area contributed by atoms with Gasteiger partial charge in [0.05, 0.1) is 24.4 Å². The van der Waals surface area contributed by atoms with E-state index in [1.54, 1.807) is 17.8 Å². The Morgan fingerprint density at radius 1 is 1.29 bits per heavy atom. The average molecular weight is 415 g/mol. The van der Waals surface area contributed by atoms with Crippen molar-refractivity contribution in [3.8, 4) is 0 Å². The third kappa shape index (κ3) is 5.17. The Morgan fingerprint density at radius 3 is 2.75 bits per heavy atom. The summed E-state index contributed by atoms with van der Waals surface area (Å²) in [6, 6.07) is 13.9. The van der Waals surface area contributed by atoms with Crippen LogP contribution in [-0.4, -0.2) is 27.5 Å². The highest BCUT2D eigenvalue weighted by Crippen LogP contribution is 2.30. The first-order chi connectivity index (χ1) is 13.6. The number of thiocarbonyl (C=S) groups is 1.